The van der Waals surface area contributed by atoms with Crippen LogP contribution in [-0.4, -0.2) is 36.0 Å². The third-order valence-electron chi connectivity index (χ3n) is 4.00. The molecule has 1 atom stereocenters. The zero-order valence-electron chi connectivity index (χ0n) is 12.4. The van der Waals surface area contributed by atoms with E-state index in [-0.39, 0.29) is 5.91 Å². The van der Waals surface area contributed by atoms with Gasteiger partial charge in [-0.15, -0.1) is 0 Å². The summed E-state index contributed by atoms with van der Waals surface area (Å²) in [7, 11) is 0. The van der Waals surface area contributed by atoms with Crippen LogP contribution < -0.4 is 11.1 Å². The topological polar surface area (TPSA) is 58.4 Å². The van der Waals surface area contributed by atoms with Crippen LogP contribution in [0.1, 0.15) is 42.6 Å². The van der Waals surface area contributed by atoms with Crippen molar-refractivity contribution in [3.05, 3.63) is 35.4 Å². The molecular formula is C16H25N3O. The van der Waals surface area contributed by atoms with E-state index in [1.165, 1.54) is 12.8 Å². The van der Waals surface area contributed by atoms with Crippen LogP contribution in [0.2, 0.25) is 0 Å². The lowest BCUT2D eigenvalue weighted by atomic mass is 10.1. The molecule has 2 rings (SSSR count). The molecule has 0 bridgehead atoms. The Hall–Kier alpha value is -1.39. The number of nitrogens with two attached hydrogens (primary N) is 1. The van der Waals surface area contributed by atoms with E-state index < -0.39 is 0 Å². The van der Waals surface area contributed by atoms with E-state index in [4.69, 9.17) is 5.73 Å². The maximum Gasteiger partial charge on any atom is 0.249 e. The predicted octanol–water partition coefficient (Wildman–Crippen LogP) is 1.75. The van der Waals surface area contributed by atoms with Gasteiger partial charge in [0.1, 0.15) is 0 Å². The van der Waals surface area contributed by atoms with E-state index >= 15 is 0 Å². The smallest absolute Gasteiger partial charge is 0.249 e. The number of hydrogen-bond acceptors (Lipinski definition) is 3. The molecule has 1 aromatic carbocycles. The van der Waals surface area contributed by atoms with Crippen molar-refractivity contribution in [1.82, 2.24) is 10.2 Å². The van der Waals surface area contributed by atoms with Crippen molar-refractivity contribution >= 4 is 5.91 Å². The Balaban J connectivity index is 2.09. The lowest BCUT2D eigenvalue weighted by Gasteiger charge is -2.30. The molecule has 1 aromatic rings. The third kappa shape index (κ3) is 3.81. The van der Waals surface area contributed by atoms with Crippen LogP contribution in [0.3, 0.4) is 0 Å². The molecule has 1 aliphatic rings. The van der Waals surface area contributed by atoms with Crippen LogP contribution >= 0.6 is 0 Å². The number of nitrogens with zero attached hydrogens (tertiary/aromatic N) is 1. The molecule has 1 fully saturated rings. The number of primary amides is 1. The molecule has 0 spiro atoms. The van der Waals surface area contributed by atoms with Crippen LogP contribution in [0, 0.1) is 0 Å². The average Bonchev–Trinajstić information content (AvgIpc) is 2.91. The zero-order chi connectivity index (χ0) is 14.5. The highest BCUT2D eigenvalue weighted by Gasteiger charge is 2.21. The van der Waals surface area contributed by atoms with E-state index in [1.807, 2.05) is 24.3 Å². The summed E-state index contributed by atoms with van der Waals surface area (Å²) < 4.78 is 0. The molecule has 0 aliphatic carbocycles. The molecule has 110 valence electrons. The number of rotatable bonds is 6. The van der Waals surface area contributed by atoms with Gasteiger partial charge in [-0.2, -0.15) is 0 Å². The van der Waals surface area contributed by atoms with Crippen LogP contribution in [0.5, 0.6) is 0 Å². The number of carbonyl (C=O) groups is 1. The van der Waals surface area contributed by atoms with Gasteiger partial charge in [0.25, 0.3) is 0 Å². The molecule has 4 nitrogen and oxygen atoms in total. The molecule has 1 unspecified atom stereocenters. The van der Waals surface area contributed by atoms with Crippen molar-refractivity contribution in [2.75, 3.05) is 13.1 Å². The van der Waals surface area contributed by atoms with Crippen molar-refractivity contribution in [2.45, 2.75) is 45.3 Å². The number of carbonyl (C=O) groups excluding carboxylic acids is 1. The summed E-state index contributed by atoms with van der Waals surface area (Å²) in [6.07, 6.45) is 2.50. The molecule has 3 N–H and O–H groups in total. The summed E-state index contributed by atoms with van der Waals surface area (Å²) in [6, 6.07) is 8.65. The molecule has 4 heteroatoms. The van der Waals surface area contributed by atoms with E-state index in [9.17, 15) is 4.79 Å². The maximum atomic E-state index is 11.5. The molecule has 20 heavy (non-hydrogen) atoms. The van der Waals surface area contributed by atoms with E-state index in [2.05, 4.69) is 24.1 Å². The fourth-order valence-electron chi connectivity index (χ4n) is 2.77. The van der Waals surface area contributed by atoms with Crippen LogP contribution in [0.15, 0.2) is 24.3 Å². The second kappa shape index (κ2) is 6.86. The van der Waals surface area contributed by atoms with Gasteiger partial charge in [0, 0.05) is 30.7 Å². The molecule has 0 saturated carbocycles. The quantitative estimate of drug-likeness (QED) is 0.831. The third-order valence-corrected chi connectivity index (χ3v) is 4.00. The molecule has 0 aromatic heterocycles. The molecule has 1 aliphatic heterocycles. The number of nitrogens with one attached hydrogen (secondary N) is 1. The Bertz CT molecular complexity index is 453. The minimum Gasteiger partial charge on any atom is -0.366 e. The molecule has 1 amide bonds. The predicted molar refractivity (Wildman–Crippen MR) is 81.5 cm³/mol. The van der Waals surface area contributed by atoms with Gasteiger partial charge in [0.15, 0.2) is 0 Å². The molecular weight excluding hydrogens is 250 g/mol. The normalized spacial score (nSPS) is 18.9. The van der Waals surface area contributed by atoms with E-state index in [1.54, 1.807) is 0 Å². The monoisotopic (exact) mass is 275 g/mol. The number of benzene rings is 1. The molecule has 1 saturated heterocycles. The lowest BCUT2D eigenvalue weighted by molar-refractivity contribution is 0.0997. The van der Waals surface area contributed by atoms with Crippen molar-refractivity contribution in [2.24, 2.45) is 5.73 Å². The largest absolute Gasteiger partial charge is 0.366 e. The summed E-state index contributed by atoms with van der Waals surface area (Å²) in [5.74, 6) is -0.344. The van der Waals surface area contributed by atoms with E-state index in [0.29, 0.717) is 17.6 Å². The maximum absolute atomic E-state index is 11.5. The van der Waals surface area contributed by atoms with Crippen molar-refractivity contribution in [1.29, 1.82) is 0 Å². The van der Waals surface area contributed by atoms with Gasteiger partial charge in [-0.25, -0.2) is 0 Å². The average molecular weight is 275 g/mol. The van der Waals surface area contributed by atoms with Gasteiger partial charge >= 0.3 is 0 Å². The summed E-state index contributed by atoms with van der Waals surface area (Å²) in [5, 5.41) is 3.53. The highest BCUT2D eigenvalue weighted by atomic mass is 16.1. The first-order chi connectivity index (χ1) is 9.58. The molecule has 0 radical (unpaired) electrons. The lowest BCUT2D eigenvalue weighted by Crippen LogP contribution is -2.41. The van der Waals surface area contributed by atoms with Gasteiger partial charge in [0.05, 0.1) is 0 Å². The summed E-state index contributed by atoms with van der Waals surface area (Å²) in [6.45, 7) is 7.30. The highest BCUT2D eigenvalue weighted by molar-refractivity contribution is 5.94. The minimum absolute atomic E-state index is 0.344. The SMILES string of the molecule is CC(C)N(Cc1ccccc1C(N)=O)CC1CCCN1. The van der Waals surface area contributed by atoms with Gasteiger partial charge in [-0.05, 0) is 44.9 Å². The van der Waals surface area contributed by atoms with Gasteiger partial charge in [-0.1, -0.05) is 18.2 Å². The Morgan fingerprint density at radius 3 is 2.80 bits per heavy atom. The molecule has 1 heterocycles. The number of hydrogen-bond donors (Lipinski definition) is 2. The van der Waals surface area contributed by atoms with E-state index in [0.717, 1.165) is 25.2 Å². The Morgan fingerprint density at radius 1 is 1.45 bits per heavy atom. The van der Waals surface area contributed by atoms with Crippen molar-refractivity contribution in [3.8, 4) is 0 Å². The van der Waals surface area contributed by atoms with Crippen molar-refractivity contribution < 1.29 is 4.79 Å². The summed E-state index contributed by atoms with van der Waals surface area (Å²) in [5.41, 5.74) is 7.12. The van der Waals surface area contributed by atoms with Crippen molar-refractivity contribution in [3.63, 3.8) is 0 Å². The Labute approximate surface area is 121 Å². The Morgan fingerprint density at radius 2 is 2.20 bits per heavy atom. The second-order valence-electron chi connectivity index (χ2n) is 5.84. The summed E-state index contributed by atoms with van der Waals surface area (Å²) in [4.78, 5) is 13.9. The first-order valence-electron chi connectivity index (χ1n) is 7.43. The first-order valence-corrected chi connectivity index (χ1v) is 7.43. The van der Waals surface area contributed by atoms with Gasteiger partial charge < -0.3 is 11.1 Å². The Kier molecular flexibility index (Phi) is 5.15. The van der Waals surface area contributed by atoms with Gasteiger partial charge in [0.2, 0.25) is 5.91 Å². The van der Waals surface area contributed by atoms with Crippen LogP contribution in [0.25, 0.3) is 0 Å². The minimum atomic E-state index is -0.344. The number of amides is 1. The fourth-order valence-corrected chi connectivity index (χ4v) is 2.77. The standard InChI is InChI=1S/C16H25N3O/c1-12(2)19(11-14-7-5-9-18-14)10-13-6-3-4-8-15(13)16(17)20/h3-4,6,8,12,14,18H,5,7,9-11H2,1-2H3,(H2,17,20). The first kappa shape index (κ1) is 15.0. The summed E-state index contributed by atoms with van der Waals surface area (Å²) >= 11 is 0. The fraction of sp³-hybridized carbons (Fsp3) is 0.562. The van der Waals surface area contributed by atoms with Gasteiger partial charge in [-0.3, -0.25) is 9.69 Å². The highest BCUT2D eigenvalue weighted by Crippen LogP contribution is 2.16. The van der Waals surface area contributed by atoms with Crippen LogP contribution in [-0.2, 0) is 6.54 Å². The van der Waals surface area contributed by atoms with Crippen LogP contribution in [0.4, 0.5) is 0 Å². The zero-order valence-corrected chi connectivity index (χ0v) is 12.4. The second-order valence-corrected chi connectivity index (χ2v) is 5.84.